The third-order valence-electron chi connectivity index (χ3n) is 3.04. The zero-order valence-electron chi connectivity index (χ0n) is 9.63. The Labute approximate surface area is 90.3 Å². The molecular weight excluding hydrogens is 194 g/mol. The number of esters is 1. The van der Waals surface area contributed by atoms with E-state index >= 15 is 0 Å². The minimum Gasteiger partial charge on any atom is -0.459 e. The van der Waals surface area contributed by atoms with Gasteiger partial charge in [-0.25, -0.2) is 4.79 Å². The molecule has 0 aromatic carbocycles. The Morgan fingerprint density at radius 3 is 2.93 bits per heavy atom. The van der Waals surface area contributed by atoms with Crippen molar-refractivity contribution in [1.29, 1.82) is 0 Å². The van der Waals surface area contributed by atoms with Crippen molar-refractivity contribution in [2.24, 2.45) is 5.92 Å². The molecule has 0 aliphatic carbocycles. The molecule has 0 spiro atoms. The zero-order chi connectivity index (χ0) is 11.1. The first kappa shape index (κ1) is 10.9. The summed E-state index contributed by atoms with van der Waals surface area (Å²) in [6, 6.07) is 0. The van der Waals surface area contributed by atoms with Gasteiger partial charge in [0.2, 0.25) is 0 Å². The monoisotopic (exact) mass is 213 g/mol. The molecule has 0 aromatic rings. The van der Waals surface area contributed by atoms with Crippen LogP contribution in [0.1, 0.15) is 27.2 Å². The SMILES string of the molecule is CC(C)(C)OC(=O)C12COCC1CCN2. The van der Waals surface area contributed by atoms with Crippen molar-refractivity contribution in [3.05, 3.63) is 0 Å². The highest BCUT2D eigenvalue weighted by molar-refractivity contribution is 5.82. The molecule has 86 valence electrons. The molecule has 2 aliphatic rings. The Kier molecular flexibility index (Phi) is 2.51. The van der Waals surface area contributed by atoms with Gasteiger partial charge in [-0.15, -0.1) is 0 Å². The van der Waals surface area contributed by atoms with E-state index in [-0.39, 0.29) is 11.9 Å². The van der Waals surface area contributed by atoms with E-state index in [0.29, 0.717) is 13.2 Å². The molecule has 1 N–H and O–H groups in total. The first-order chi connectivity index (χ1) is 6.94. The third-order valence-corrected chi connectivity index (χ3v) is 3.04. The Bertz CT molecular complexity index is 259. The largest absolute Gasteiger partial charge is 0.459 e. The van der Waals surface area contributed by atoms with E-state index in [9.17, 15) is 4.79 Å². The average molecular weight is 213 g/mol. The van der Waals surface area contributed by atoms with Gasteiger partial charge in [0, 0.05) is 5.92 Å². The molecule has 0 amide bonds. The summed E-state index contributed by atoms with van der Waals surface area (Å²) in [6.45, 7) is 7.68. The van der Waals surface area contributed by atoms with Crippen LogP contribution in [0.25, 0.3) is 0 Å². The fourth-order valence-corrected chi connectivity index (χ4v) is 2.28. The van der Waals surface area contributed by atoms with E-state index in [1.807, 2.05) is 20.8 Å². The lowest BCUT2D eigenvalue weighted by Crippen LogP contribution is -2.54. The van der Waals surface area contributed by atoms with Crippen molar-refractivity contribution in [3.63, 3.8) is 0 Å². The minimum absolute atomic E-state index is 0.157. The molecule has 0 aromatic heterocycles. The van der Waals surface area contributed by atoms with Gasteiger partial charge in [0.15, 0.2) is 0 Å². The molecule has 4 nitrogen and oxygen atoms in total. The molecule has 2 fully saturated rings. The van der Waals surface area contributed by atoms with Crippen molar-refractivity contribution in [2.75, 3.05) is 19.8 Å². The van der Waals surface area contributed by atoms with Crippen LogP contribution in [0.5, 0.6) is 0 Å². The number of nitrogens with one attached hydrogen (secondary N) is 1. The van der Waals surface area contributed by atoms with Gasteiger partial charge in [-0.2, -0.15) is 0 Å². The van der Waals surface area contributed by atoms with Gasteiger partial charge in [-0.05, 0) is 33.7 Å². The zero-order valence-corrected chi connectivity index (χ0v) is 9.63. The summed E-state index contributed by atoms with van der Waals surface area (Å²) in [7, 11) is 0. The first-order valence-electron chi connectivity index (χ1n) is 5.50. The van der Waals surface area contributed by atoms with E-state index in [1.165, 1.54) is 0 Å². The van der Waals surface area contributed by atoms with Crippen LogP contribution in [-0.2, 0) is 14.3 Å². The van der Waals surface area contributed by atoms with Crippen molar-refractivity contribution in [2.45, 2.75) is 38.3 Å². The Morgan fingerprint density at radius 2 is 2.27 bits per heavy atom. The summed E-state index contributed by atoms with van der Waals surface area (Å²) in [5.41, 5.74) is -0.990. The number of hydrogen-bond acceptors (Lipinski definition) is 4. The normalized spacial score (nSPS) is 35.3. The average Bonchev–Trinajstić information content (AvgIpc) is 2.55. The Balaban J connectivity index is 2.11. The maximum absolute atomic E-state index is 12.1. The summed E-state index contributed by atoms with van der Waals surface area (Å²) in [5.74, 6) is 0.127. The van der Waals surface area contributed by atoms with E-state index in [4.69, 9.17) is 9.47 Å². The predicted octanol–water partition coefficient (Wildman–Crippen LogP) is 0.707. The lowest BCUT2D eigenvalue weighted by molar-refractivity contribution is -0.163. The van der Waals surface area contributed by atoms with Crippen molar-refractivity contribution < 1.29 is 14.3 Å². The molecule has 0 saturated carbocycles. The highest BCUT2D eigenvalue weighted by atomic mass is 16.6. The molecule has 4 heteroatoms. The van der Waals surface area contributed by atoms with Crippen LogP contribution in [0.15, 0.2) is 0 Å². The quantitative estimate of drug-likeness (QED) is 0.652. The molecular formula is C11H19NO3. The van der Waals surface area contributed by atoms with Crippen LogP contribution in [0.2, 0.25) is 0 Å². The maximum atomic E-state index is 12.1. The second-order valence-electron chi connectivity index (χ2n) is 5.40. The van der Waals surface area contributed by atoms with Gasteiger partial charge in [-0.1, -0.05) is 0 Å². The molecule has 15 heavy (non-hydrogen) atoms. The molecule has 0 bridgehead atoms. The van der Waals surface area contributed by atoms with Crippen LogP contribution < -0.4 is 5.32 Å². The minimum atomic E-state index is -0.562. The van der Waals surface area contributed by atoms with Crippen LogP contribution >= 0.6 is 0 Å². The number of rotatable bonds is 1. The fourth-order valence-electron chi connectivity index (χ4n) is 2.28. The van der Waals surface area contributed by atoms with Gasteiger partial charge in [0.1, 0.15) is 11.1 Å². The Hall–Kier alpha value is -0.610. The van der Waals surface area contributed by atoms with Crippen LogP contribution in [0.4, 0.5) is 0 Å². The van der Waals surface area contributed by atoms with E-state index < -0.39 is 11.1 Å². The van der Waals surface area contributed by atoms with Crippen molar-refractivity contribution in [3.8, 4) is 0 Å². The molecule has 0 radical (unpaired) electrons. The molecule has 2 saturated heterocycles. The fraction of sp³-hybridized carbons (Fsp3) is 0.909. The molecule has 2 heterocycles. The van der Waals surface area contributed by atoms with Gasteiger partial charge in [0.05, 0.1) is 13.2 Å². The van der Waals surface area contributed by atoms with Crippen LogP contribution in [-0.4, -0.2) is 36.9 Å². The van der Waals surface area contributed by atoms with E-state index in [2.05, 4.69) is 5.32 Å². The van der Waals surface area contributed by atoms with Crippen LogP contribution in [0, 0.1) is 5.92 Å². The molecule has 2 atom stereocenters. The molecule has 2 aliphatic heterocycles. The summed E-state index contributed by atoms with van der Waals surface area (Å²) < 4.78 is 10.8. The summed E-state index contributed by atoms with van der Waals surface area (Å²) in [4.78, 5) is 12.1. The summed E-state index contributed by atoms with van der Waals surface area (Å²) in [6.07, 6.45) is 0.999. The second-order valence-corrected chi connectivity index (χ2v) is 5.40. The Morgan fingerprint density at radius 1 is 1.53 bits per heavy atom. The van der Waals surface area contributed by atoms with E-state index in [0.717, 1.165) is 13.0 Å². The number of hydrogen-bond donors (Lipinski definition) is 1. The highest BCUT2D eigenvalue weighted by Gasteiger charge is 2.54. The highest BCUT2D eigenvalue weighted by Crippen LogP contribution is 2.34. The van der Waals surface area contributed by atoms with E-state index in [1.54, 1.807) is 0 Å². The third kappa shape index (κ3) is 1.88. The lowest BCUT2D eigenvalue weighted by Gasteiger charge is -2.30. The van der Waals surface area contributed by atoms with Gasteiger partial charge in [0.25, 0.3) is 0 Å². The number of ether oxygens (including phenoxy) is 2. The summed E-state index contributed by atoms with van der Waals surface area (Å²) in [5, 5.41) is 3.25. The summed E-state index contributed by atoms with van der Waals surface area (Å²) >= 11 is 0. The predicted molar refractivity (Wildman–Crippen MR) is 55.5 cm³/mol. The molecule has 2 rings (SSSR count). The van der Waals surface area contributed by atoms with Gasteiger partial charge in [-0.3, -0.25) is 5.32 Å². The second kappa shape index (κ2) is 3.46. The first-order valence-corrected chi connectivity index (χ1v) is 5.50. The standard InChI is InChI=1S/C11H19NO3/c1-10(2,3)15-9(13)11-7-14-6-8(11)4-5-12-11/h8,12H,4-7H2,1-3H3. The van der Waals surface area contributed by atoms with Gasteiger partial charge >= 0.3 is 5.97 Å². The van der Waals surface area contributed by atoms with Crippen LogP contribution in [0.3, 0.4) is 0 Å². The smallest absolute Gasteiger partial charge is 0.329 e. The maximum Gasteiger partial charge on any atom is 0.329 e. The van der Waals surface area contributed by atoms with Crippen molar-refractivity contribution in [1.82, 2.24) is 5.32 Å². The number of carbonyl (C=O) groups excluding carboxylic acids is 1. The van der Waals surface area contributed by atoms with Crippen molar-refractivity contribution >= 4 is 5.97 Å². The number of carbonyl (C=O) groups is 1. The number of fused-ring (bicyclic) bond motifs is 1. The molecule has 2 unspecified atom stereocenters. The lowest BCUT2D eigenvalue weighted by atomic mass is 9.89. The topological polar surface area (TPSA) is 47.6 Å². The van der Waals surface area contributed by atoms with Gasteiger partial charge < -0.3 is 9.47 Å².